The molecule has 124 valence electrons. The number of anilines is 1. The van der Waals surface area contributed by atoms with Gasteiger partial charge in [0.1, 0.15) is 0 Å². The number of hydrogen-bond acceptors (Lipinski definition) is 4. The van der Waals surface area contributed by atoms with Crippen LogP contribution in [-0.2, 0) is 14.3 Å². The van der Waals surface area contributed by atoms with Gasteiger partial charge in [0.25, 0.3) is 0 Å². The van der Waals surface area contributed by atoms with Crippen molar-refractivity contribution < 1.29 is 19.1 Å². The molecule has 23 heavy (non-hydrogen) atoms. The molecule has 0 saturated carbocycles. The molecule has 1 aliphatic rings. The lowest BCUT2D eigenvalue weighted by Gasteiger charge is -2.11. The zero-order valence-electron chi connectivity index (χ0n) is 13.2. The van der Waals surface area contributed by atoms with Gasteiger partial charge in [-0.15, -0.1) is 0 Å². The maximum Gasteiger partial charge on any atom is 0.330 e. The lowest BCUT2D eigenvalue weighted by atomic mass is 10.2. The highest BCUT2D eigenvalue weighted by Gasteiger charge is 2.15. The van der Waals surface area contributed by atoms with E-state index in [-0.39, 0.29) is 18.1 Å². The van der Waals surface area contributed by atoms with E-state index in [0.717, 1.165) is 25.0 Å². The van der Waals surface area contributed by atoms with E-state index >= 15 is 0 Å². The van der Waals surface area contributed by atoms with Crippen LogP contribution in [0.4, 0.5) is 10.5 Å². The first-order valence-electron chi connectivity index (χ1n) is 7.78. The molecule has 1 fully saturated rings. The van der Waals surface area contributed by atoms with E-state index in [0.29, 0.717) is 18.8 Å². The zero-order valence-corrected chi connectivity index (χ0v) is 13.2. The highest BCUT2D eigenvalue weighted by molar-refractivity contribution is 5.90. The molecule has 1 aromatic rings. The van der Waals surface area contributed by atoms with Crippen molar-refractivity contribution in [3.05, 3.63) is 35.9 Å². The zero-order chi connectivity index (χ0) is 16.5. The van der Waals surface area contributed by atoms with Crippen molar-refractivity contribution in [2.45, 2.75) is 25.9 Å². The van der Waals surface area contributed by atoms with E-state index in [4.69, 9.17) is 9.47 Å². The second kappa shape index (κ2) is 8.95. The Balaban J connectivity index is 1.77. The van der Waals surface area contributed by atoms with Crippen molar-refractivity contribution in [1.82, 2.24) is 5.32 Å². The Labute approximate surface area is 135 Å². The summed E-state index contributed by atoms with van der Waals surface area (Å²) in [6, 6.07) is 6.92. The highest BCUT2D eigenvalue weighted by atomic mass is 16.5. The van der Waals surface area contributed by atoms with Gasteiger partial charge in [-0.05, 0) is 43.5 Å². The largest absolute Gasteiger partial charge is 0.463 e. The quantitative estimate of drug-likeness (QED) is 0.624. The number of carbonyl (C=O) groups is 2. The Morgan fingerprint density at radius 2 is 2.13 bits per heavy atom. The van der Waals surface area contributed by atoms with Gasteiger partial charge in [0.2, 0.25) is 0 Å². The SMILES string of the molecule is CCOC(=O)/C=C/c1ccc(NC(=O)NCC2CCCO2)cc1. The molecule has 0 aromatic heterocycles. The van der Waals surface area contributed by atoms with Gasteiger partial charge in [-0.1, -0.05) is 12.1 Å². The molecule has 2 N–H and O–H groups in total. The molecule has 1 aromatic carbocycles. The standard InChI is InChI=1S/C17H22N2O4/c1-2-22-16(20)10-7-13-5-8-14(9-6-13)19-17(21)18-12-15-4-3-11-23-15/h5-10,15H,2-4,11-12H2,1H3,(H2,18,19,21)/b10-7+. The van der Waals surface area contributed by atoms with Gasteiger partial charge >= 0.3 is 12.0 Å². The summed E-state index contributed by atoms with van der Waals surface area (Å²) < 4.78 is 10.3. The van der Waals surface area contributed by atoms with Gasteiger partial charge in [0.15, 0.2) is 0 Å². The first kappa shape index (κ1) is 17.0. The average molecular weight is 318 g/mol. The number of ether oxygens (including phenoxy) is 2. The molecule has 2 rings (SSSR count). The molecule has 6 nitrogen and oxygen atoms in total. The van der Waals surface area contributed by atoms with Crippen LogP contribution < -0.4 is 10.6 Å². The third kappa shape index (κ3) is 6.12. The number of amides is 2. The van der Waals surface area contributed by atoms with Gasteiger partial charge in [0, 0.05) is 24.9 Å². The Morgan fingerprint density at radius 3 is 2.78 bits per heavy atom. The second-order valence-electron chi connectivity index (χ2n) is 5.18. The van der Waals surface area contributed by atoms with Crippen LogP contribution in [-0.4, -0.2) is 37.9 Å². The van der Waals surface area contributed by atoms with Crippen molar-refractivity contribution >= 4 is 23.8 Å². The van der Waals surface area contributed by atoms with Crippen molar-refractivity contribution in [1.29, 1.82) is 0 Å². The molecule has 0 spiro atoms. The maximum absolute atomic E-state index is 11.8. The number of urea groups is 1. The molecule has 1 heterocycles. The number of hydrogen-bond donors (Lipinski definition) is 2. The first-order chi connectivity index (χ1) is 11.2. The van der Waals surface area contributed by atoms with Crippen molar-refractivity contribution in [3.8, 4) is 0 Å². The molecule has 0 bridgehead atoms. The minimum Gasteiger partial charge on any atom is -0.463 e. The normalized spacial score (nSPS) is 17.2. The highest BCUT2D eigenvalue weighted by Crippen LogP contribution is 2.12. The van der Waals surface area contributed by atoms with Crippen LogP contribution in [0.1, 0.15) is 25.3 Å². The van der Waals surface area contributed by atoms with E-state index in [1.54, 1.807) is 25.1 Å². The fourth-order valence-corrected chi connectivity index (χ4v) is 2.22. The predicted molar refractivity (Wildman–Crippen MR) is 88.1 cm³/mol. The summed E-state index contributed by atoms with van der Waals surface area (Å²) in [5.41, 5.74) is 1.53. The number of nitrogens with one attached hydrogen (secondary N) is 2. The van der Waals surface area contributed by atoms with Crippen LogP contribution >= 0.6 is 0 Å². The molecule has 1 atom stereocenters. The third-order valence-corrected chi connectivity index (χ3v) is 3.38. The minimum atomic E-state index is -0.372. The van der Waals surface area contributed by atoms with E-state index < -0.39 is 0 Å². The van der Waals surface area contributed by atoms with Gasteiger partial charge < -0.3 is 20.1 Å². The van der Waals surface area contributed by atoms with Crippen LogP contribution in [0.15, 0.2) is 30.3 Å². The average Bonchev–Trinajstić information content (AvgIpc) is 3.06. The Hall–Kier alpha value is -2.34. The summed E-state index contributed by atoms with van der Waals surface area (Å²) in [6.07, 6.45) is 5.20. The Kier molecular flexibility index (Phi) is 6.62. The van der Waals surface area contributed by atoms with Gasteiger partial charge in [-0.2, -0.15) is 0 Å². The lowest BCUT2D eigenvalue weighted by Crippen LogP contribution is -2.34. The Morgan fingerprint density at radius 1 is 1.35 bits per heavy atom. The first-order valence-corrected chi connectivity index (χ1v) is 7.78. The van der Waals surface area contributed by atoms with Crippen molar-refractivity contribution in [3.63, 3.8) is 0 Å². The molecule has 0 aliphatic carbocycles. The summed E-state index contributed by atoms with van der Waals surface area (Å²) in [6.45, 7) is 3.41. The molecule has 0 radical (unpaired) electrons. The molecule has 2 amide bonds. The fourth-order valence-electron chi connectivity index (χ4n) is 2.22. The summed E-state index contributed by atoms with van der Waals surface area (Å²) in [5, 5.41) is 5.55. The Bertz CT molecular complexity index is 548. The van der Waals surface area contributed by atoms with Crippen LogP contribution in [0.25, 0.3) is 6.08 Å². The molecule has 1 saturated heterocycles. The third-order valence-electron chi connectivity index (χ3n) is 3.38. The lowest BCUT2D eigenvalue weighted by molar-refractivity contribution is -0.137. The van der Waals surface area contributed by atoms with Crippen LogP contribution in [0, 0.1) is 0 Å². The van der Waals surface area contributed by atoms with Crippen LogP contribution in [0.5, 0.6) is 0 Å². The molecule has 6 heteroatoms. The van der Waals surface area contributed by atoms with Crippen LogP contribution in [0.3, 0.4) is 0 Å². The smallest absolute Gasteiger partial charge is 0.330 e. The summed E-state index contributed by atoms with van der Waals surface area (Å²) >= 11 is 0. The molecular weight excluding hydrogens is 296 g/mol. The minimum absolute atomic E-state index is 0.121. The number of carbonyl (C=O) groups excluding carboxylic acids is 2. The topological polar surface area (TPSA) is 76.7 Å². The van der Waals surface area contributed by atoms with E-state index in [9.17, 15) is 9.59 Å². The predicted octanol–water partition coefficient (Wildman–Crippen LogP) is 2.56. The number of rotatable bonds is 6. The van der Waals surface area contributed by atoms with Crippen LogP contribution in [0.2, 0.25) is 0 Å². The van der Waals surface area contributed by atoms with Gasteiger partial charge in [-0.3, -0.25) is 0 Å². The van der Waals surface area contributed by atoms with Gasteiger partial charge in [-0.25, -0.2) is 9.59 Å². The monoisotopic (exact) mass is 318 g/mol. The molecular formula is C17H22N2O4. The summed E-state index contributed by atoms with van der Waals surface area (Å²) in [7, 11) is 0. The number of benzene rings is 1. The molecule has 1 aliphatic heterocycles. The number of esters is 1. The van der Waals surface area contributed by atoms with E-state index in [1.807, 2.05) is 12.1 Å². The fraction of sp³-hybridized carbons (Fsp3) is 0.412. The maximum atomic E-state index is 11.8. The summed E-state index contributed by atoms with van der Waals surface area (Å²) in [4.78, 5) is 23.0. The van der Waals surface area contributed by atoms with Crippen molar-refractivity contribution in [2.75, 3.05) is 25.1 Å². The van der Waals surface area contributed by atoms with E-state index in [1.165, 1.54) is 6.08 Å². The molecule has 1 unspecified atom stereocenters. The van der Waals surface area contributed by atoms with Gasteiger partial charge in [0.05, 0.1) is 12.7 Å². The summed E-state index contributed by atoms with van der Waals surface area (Å²) in [5.74, 6) is -0.372. The second-order valence-corrected chi connectivity index (χ2v) is 5.18. The van der Waals surface area contributed by atoms with Crippen molar-refractivity contribution in [2.24, 2.45) is 0 Å². The van der Waals surface area contributed by atoms with E-state index in [2.05, 4.69) is 10.6 Å².